The van der Waals surface area contributed by atoms with Gasteiger partial charge in [0.05, 0.1) is 6.61 Å². The van der Waals surface area contributed by atoms with E-state index in [-0.39, 0.29) is 0 Å². The number of aliphatic hydroxyl groups is 1. The third-order valence-corrected chi connectivity index (χ3v) is 3.91. The number of unbranched alkanes of at least 4 members (excludes halogenated alkanes) is 7. The molecular weight excluding hydrogens is 290 g/mol. The maximum Gasteiger partial charge on any atom is 0.0558 e. The lowest BCUT2D eigenvalue weighted by atomic mass is 10.1. The molecule has 0 rings (SSSR count). The lowest BCUT2D eigenvalue weighted by molar-refractivity contribution is 0.191. The van der Waals surface area contributed by atoms with Gasteiger partial charge in [-0.3, -0.25) is 0 Å². The summed E-state index contributed by atoms with van der Waals surface area (Å²) in [6.07, 6.45) is 12.0. The predicted molar refractivity (Wildman–Crippen MR) is 84.5 cm³/mol. The molecular formula is C15H32BrNO. The molecule has 0 aliphatic heterocycles. The Bertz CT molecular complexity index is 155. The van der Waals surface area contributed by atoms with E-state index < -0.39 is 0 Å². The van der Waals surface area contributed by atoms with Crippen LogP contribution in [-0.2, 0) is 0 Å². The minimum absolute atomic E-state index is 0.302. The van der Waals surface area contributed by atoms with Crippen molar-refractivity contribution in [3.05, 3.63) is 0 Å². The fourth-order valence-corrected chi connectivity index (χ4v) is 2.57. The Morgan fingerprint density at radius 2 is 1.33 bits per heavy atom. The zero-order valence-corrected chi connectivity index (χ0v) is 13.8. The van der Waals surface area contributed by atoms with Crippen LogP contribution in [0.1, 0.15) is 64.7 Å². The van der Waals surface area contributed by atoms with E-state index in [0.717, 1.165) is 18.4 Å². The van der Waals surface area contributed by atoms with Crippen LogP contribution in [0.3, 0.4) is 0 Å². The fraction of sp³-hybridized carbons (Fsp3) is 1.00. The highest BCUT2D eigenvalue weighted by atomic mass is 79.9. The van der Waals surface area contributed by atoms with Gasteiger partial charge in [-0.1, -0.05) is 61.4 Å². The van der Waals surface area contributed by atoms with Gasteiger partial charge >= 0.3 is 0 Å². The smallest absolute Gasteiger partial charge is 0.0558 e. The van der Waals surface area contributed by atoms with Crippen LogP contribution in [0, 0.1) is 0 Å². The second kappa shape index (κ2) is 15.5. The highest BCUT2D eigenvalue weighted by molar-refractivity contribution is 9.09. The number of halogens is 1. The Hall–Kier alpha value is 0.400. The molecule has 1 N–H and O–H groups in total. The Labute approximate surface area is 122 Å². The van der Waals surface area contributed by atoms with Crippen molar-refractivity contribution >= 4 is 15.9 Å². The summed E-state index contributed by atoms with van der Waals surface area (Å²) in [4.78, 5) is 2.41. The zero-order chi connectivity index (χ0) is 13.5. The minimum atomic E-state index is 0.302. The van der Waals surface area contributed by atoms with E-state index in [1.54, 1.807) is 0 Å². The molecule has 0 saturated heterocycles. The first-order chi connectivity index (χ1) is 8.85. The first-order valence-electron chi connectivity index (χ1n) is 7.74. The monoisotopic (exact) mass is 321 g/mol. The third-order valence-electron chi connectivity index (χ3n) is 3.35. The summed E-state index contributed by atoms with van der Waals surface area (Å²) in [5.41, 5.74) is 0. The summed E-state index contributed by atoms with van der Waals surface area (Å²) in [5, 5.41) is 10.2. The van der Waals surface area contributed by atoms with Gasteiger partial charge in [-0.2, -0.15) is 0 Å². The summed E-state index contributed by atoms with van der Waals surface area (Å²) in [7, 11) is 0. The molecule has 0 aliphatic carbocycles. The Morgan fingerprint density at radius 3 is 1.89 bits per heavy atom. The van der Waals surface area contributed by atoms with Crippen LogP contribution in [-0.4, -0.2) is 41.6 Å². The second-order valence-electron chi connectivity index (χ2n) is 5.08. The average Bonchev–Trinajstić information content (AvgIpc) is 2.39. The average molecular weight is 322 g/mol. The number of alkyl halides is 1. The lowest BCUT2D eigenvalue weighted by Crippen LogP contribution is -2.29. The van der Waals surface area contributed by atoms with Gasteiger partial charge in [0.15, 0.2) is 0 Å². The van der Waals surface area contributed by atoms with Crippen molar-refractivity contribution in [3.63, 3.8) is 0 Å². The summed E-state index contributed by atoms with van der Waals surface area (Å²) < 4.78 is 0. The van der Waals surface area contributed by atoms with E-state index in [4.69, 9.17) is 5.11 Å². The van der Waals surface area contributed by atoms with Crippen molar-refractivity contribution < 1.29 is 5.11 Å². The van der Waals surface area contributed by atoms with Crippen LogP contribution < -0.4 is 0 Å². The molecule has 2 nitrogen and oxygen atoms in total. The summed E-state index contributed by atoms with van der Waals surface area (Å²) in [6, 6.07) is 0. The third kappa shape index (κ3) is 12.8. The van der Waals surface area contributed by atoms with Crippen LogP contribution in [0.2, 0.25) is 0 Å². The SMILES string of the molecule is CCCCN(CCO)CCCCCCCCCBr. The number of rotatable bonds is 14. The molecule has 0 aliphatic rings. The topological polar surface area (TPSA) is 23.5 Å². The summed E-state index contributed by atoms with van der Waals surface area (Å²) in [5.74, 6) is 0. The molecule has 0 fully saturated rings. The Morgan fingerprint density at radius 1 is 0.778 bits per heavy atom. The predicted octanol–water partition coefficient (Wildman–Crippen LogP) is 4.21. The van der Waals surface area contributed by atoms with Gasteiger partial charge in [0.2, 0.25) is 0 Å². The van der Waals surface area contributed by atoms with Crippen molar-refractivity contribution in [2.24, 2.45) is 0 Å². The van der Waals surface area contributed by atoms with E-state index in [0.29, 0.717) is 6.61 Å². The molecule has 0 aromatic heterocycles. The van der Waals surface area contributed by atoms with Gasteiger partial charge in [0, 0.05) is 11.9 Å². The highest BCUT2D eigenvalue weighted by Crippen LogP contribution is 2.08. The first kappa shape index (κ1) is 18.4. The normalized spacial score (nSPS) is 11.3. The van der Waals surface area contributed by atoms with Gasteiger partial charge in [0.25, 0.3) is 0 Å². The molecule has 0 saturated carbocycles. The van der Waals surface area contributed by atoms with E-state index >= 15 is 0 Å². The van der Waals surface area contributed by atoms with Gasteiger partial charge in [0.1, 0.15) is 0 Å². The van der Waals surface area contributed by atoms with Crippen LogP contribution in [0.5, 0.6) is 0 Å². The molecule has 0 spiro atoms. The largest absolute Gasteiger partial charge is 0.395 e. The van der Waals surface area contributed by atoms with E-state index in [1.165, 1.54) is 64.3 Å². The number of nitrogens with zero attached hydrogens (tertiary/aromatic N) is 1. The van der Waals surface area contributed by atoms with Crippen LogP contribution >= 0.6 is 15.9 Å². The summed E-state index contributed by atoms with van der Waals surface area (Å²) >= 11 is 3.47. The zero-order valence-electron chi connectivity index (χ0n) is 12.2. The van der Waals surface area contributed by atoms with Crippen LogP contribution in [0.25, 0.3) is 0 Å². The fourth-order valence-electron chi connectivity index (χ4n) is 2.17. The molecule has 0 heterocycles. The molecule has 0 bridgehead atoms. The van der Waals surface area contributed by atoms with Crippen molar-refractivity contribution in [3.8, 4) is 0 Å². The molecule has 3 heteroatoms. The standard InChI is InChI=1S/C15H32BrNO/c1-2-3-12-17(14-15-18)13-10-8-6-4-5-7-9-11-16/h18H,2-15H2,1H3. The number of hydrogen-bond donors (Lipinski definition) is 1. The molecule has 110 valence electrons. The molecule has 18 heavy (non-hydrogen) atoms. The van der Waals surface area contributed by atoms with Crippen LogP contribution in [0.15, 0.2) is 0 Å². The second-order valence-corrected chi connectivity index (χ2v) is 5.88. The quantitative estimate of drug-likeness (QED) is 0.383. The first-order valence-corrected chi connectivity index (χ1v) is 8.86. The minimum Gasteiger partial charge on any atom is -0.395 e. The van der Waals surface area contributed by atoms with Crippen molar-refractivity contribution in [1.29, 1.82) is 0 Å². The van der Waals surface area contributed by atoms with E-state index in [9.17, 15) is 0 Å². The number of aliphatic hydroxyl groups excluding tert-OH is 1. The van der Waals surface area contributed by atoms with Crippen molar-refractivity contribution in [2.45, 2.75) is 64.7 Å². The van der Waals surface area contributed by atoms with Crippen LogP contribution in [0.4, 0.5) is 0 Å². The van der Waals surface area contributed by atoms with Gasteiger partial charge in [-0.25, -0.2) is 0 Å². The molecule has 0 aromatic rings. The van der Waals surface area contributed by atoms with Gasteiger partial charge in [-0.15, -0.1) is 0 Å². The Kier molecular flexibility index (Phi) is 15.8. The maximum absolute atomic E-state index is 9.01. The number of hydrogen-bond acceptors (Lipinski definition) is 2. The van der Waals surface area contributed by atoms with Gasteiger partial charge < -0.3 is 10.0 Å². The summed E-state index contributed by atoms with van der Waals surface area (Å²) in [6.45, 7) is 5.70. The van der Waals surface area contributed by atoms with E-state index in [1.807, 2.05) is 0 Å². The van der Waals surface area contributed by atoms with E-state index in [2.05, 4.69) is 27.8 Å². The maximum atomic E-state index is 9.01. The Balaban J connectivity index is 3.31. The highest BCUT2D eigenvalue weighted by Gasteiger charge is 2.02. The lowest BCUT2D eigenvalue weighted by Gasteiger charge is -2.20. The molecule has 0 aromatic carbocycles. The molecule has 0 atom stereocenters. The van der Waals surface area contributed by atoms with Crippen molar-refractivity contribution in [2.75, 3.05) is 31.6 Å². The molecule has 0 radical (unpaired) electrons. The molecule has 0 unspecified atom stereocenters. The molecule has 0 amide bonds. The van der Waals surface area contributed by atoms with Crippen molar-refractivity contribution in [1.82, 2.24) is 4.90 Å². The van der Waals surface area contributed by atoms with Gasteiger partial charge in [-0.05, 0) is 32.4 Å².